The summed E-state index contributed by atoms with van der Waals surface area (Å²) in [5, 5.41) is 7.82. The van der Waals surface area contributed by atoms with Crippen molar-refractivity contribution in [1.82, 2.24) is 15.5 Å². The zero-order valence-corrected chi connectivity index (χ0v) is 19.5. The zero-order chi connectivity index (χ0) is 19.4. The fourth-order valence-electron chi connectivity index (χ4n) is 4.02. The van der Waals surface area contributed by atoms with E-state index in [1.165, 1.54) is 0 Å². The Morgan fingerprint density at radius 3 is 2.50 bits per heavy atom. The normalized spacial score (nSPS) is 15.9. The number of para-hydroxylation sites is 1. The van der Waals surface area contributed by atoms with E-state index >= 15 is 0 Å². The van der Waals surface area contributed by atoms with Gasteiger partial charge in [-0.3, -0.25) is 9.79 Å². The van der Waals surface area contributed by atoms with Crippen LogP contribution in [0.1, 0.15) is 37.0 Å². The molecule has 0 radical (unpaired) electrons. The summed E-state index contributed by atoms with van der Waals surface area (Å²) in [6.45, 7) is 3.22. The van der Waals surface area contributed by atoms with Crippen LogP contribution in [0.5, 0.6) is 0 Å². The number of guanidine groups is 1. The molecule has 1 saturated carbocycles. The number of carbonyl (C=O) groups excluding carboxylic acids is 1. The van der Waals surface area contributed by atoms with Crippen LogP contribution >= 0.6 is 24.0 Å². The minimum Gasteiger partial charge on any atom is -0.459 e. The van der Waals surface area contributed by atoms with Crippen molar-refractivity contribution in [3.8, 4) is 0 Å². The summed E-state index contributed by atoms with van der Waals surface area (Å²) in [5.74, 6) is 1.79. The van der Waals surface area contributed by atoms with Gasteiger partial charge in [0.15, 0.2) is 5.96 Å². The number of aliphatic imine (C=N–C) groups is 1. The molecule has 0 atom stereocenters. The number of hydrogen-bond donors (Lipinski definition) is 2. The molecule has 1 aliphatic rings. The molecular weight excluding hydrogens is 467 g/mol. The molecule has 1 aliphatic carbocycles. The van der Waals surface area contributed by atoms with E-state index in [2.05, 4.69) is 28.6 Å². The summed E-state index contributed by atoms with van der Waals surface area (Å²) < 4.78 is 5.96. The number of furan rings is 1. The van der Waals surface area contributed by atoms with Crippen molar-refractivity contribution in [2.75, 3.05) is 27.7 Å². The Hall–Kier alpha value is -1.77. The molecule has 0 aliphatic heterocycles. The predicted molar refractivity (Wildman–Crippen MR) is 124 cm³/mol. The fraction of sp³-hybridized carbons (Fsp3) is 0.524. The summed E-state index contributed by atoms with van der Waals surface area (Å²) in [4.78, 5) is 18.7. The molecule has 2 N–H and O–H groups in total. The number of benzene rings is 1. The lowest BCUT2D eigenvalue weighted by molar-refractivity contribution is -0.138. The highest BCUT2D eigenvalue weighted by Crippen LogP contribution is 2.38. The van der Waals surface area contributed by atoms with Crippen molar-refractivity contribution in [3.63, 3.8) is 0 Å². The summed E-state index contributed by atoms with van der Waals surface area (Å²) >= 11 is 0. The van der Waals surface area contributed by atoms with Gasteiger partial charge in [0, 0.05) is 38.6 Å². The van der Waals surface area contributed by atoms with Gasteiger partial charge in [0.1, 0.15) is 11.3 Å². The van der Waals surface area contributed by atoms with E-state index in [1.54, 1.807) is 11.9 Å². The summed E-state index contributed by atoms with van der Waals surface area (Å²) in [7, 11) is 5.41. The van der Waals surface area contributed by atoms with E-state index in [1.807, 2.05) is 32.3 Å². The maximum Gasteiger partial charge on any atom is 0.230 e. The lowest BCUT2D eigenvalue weighted by Crippen LogP contribution is -2.49. The minimum absolute atomic E-state index is 0. The van der Waals surface area contributed by atoms with Crippen LogP contribution in [0.2, 0.25) is 0 Å². The second-order valence-corrected chi connectivity index (χ2v) is 7.61. The first kappa shape index (κ1) is 22.5. The molecule has 154 valence electrons. The van der Waals surface area contributed by atoms with Crippen LogP contribution in [0.25, 0.3) is 11.0 Å². The molecule has 7 heteroatoms. The molecule has 1 aromatic heterocycles. The van der Waals surface area contributed by atoms with E-state index in [9.17, 15) is 4.79 Å². The first-order valence-electron chi connectivity index (χ1n) is 9.60. The first-order valence-corrected chi connectivity index (χ1v) is 9.60. The molecule has 0 bridgehead atoms. The lowest BCUT2D eigenvalue weighted by atomic mass is 9.84. The highest BCUT2D eigenvalue weighted by atomic mass is 127. The average Bonchev–Trinajstić information content (AvgIpc) is 3.27. The molecule has 2 aromatic rings. The topological polar surface area (TPSA) is 69.9 Å². The molecule has 28 heavy (non-hydrogen) atoms. The van der Waals surface area contributed by atoms with Crippen LogP contribution in [0.4, 0.5) is 0 Å². The van der Waals surface area contributed by atoms with Crippen LogP contribution in [0.3, 0.4) is 0 Å². The van der Waals surface area contributed by atoms with Crippen molar-refractivity contribution in [2.45, 2.75) is 39.2 Å². The maximum absolute atomic E-state index is 12.7. The molecule has 0 unspecified atom stereocenters. The van der Waals surface area contributed by atoms with Gasteiger partial charge in [-0.15, -0.1) is 24.0 Å². The highest BCUT2D eigenvalue weighted by molar-refractivity contribution is 14.0. The van der Waals surface area contributed by atoms with Crippen molar-refractivity contribution in [3.05, 3.63) is 35.6 Å². The Morgan fingerprint density at radius 1 is 1.21 bits per heavy atom. The SMILES string of the molecule is CN=C(NCc1oc2ccccc2c1C)NCC1(C(=O)N(C)C)CCCC1.I. The van der Waals surface area contributed by atoms with E-state index in [0.29, 0.717) is 19.0 Å². The summed E-state index contributed by atoms with van der Waals surface area (Å²) in [6.07, 6.45) is 4.06. The smallest absolute Gasteiger partial charge is 0.230 e. The van der Waals surface area contributed by atoms with Crippen LogP contribution in [-0.2, 0) is 11.3 Å². The van der Waals surface area contributed by atoms with Gasteiger partial charge in [0.05, 0.1) is 12.0 Å². The third-order valence-corrected chi connectivity index (χ3v) is 5.60. The maximum atomic E-state index is 12.7. The summed E-state index contributed by atoms with van der Waals surface area (Å²) in [6, 6.07) is 8.05. The number of aryl methyl sites for hydroxylation is 1. The summed E-state index contributed by atoms with van der Waals surface area (Å²) in [5.41, 5.74) is 1.72. The van der Waals surface area contributed by atoms with Crippen molar-refractivity contribution >= 4 is 46.8 Å². The van der Waals surface area contributed by atoms with Gasteiger partial charge in [-0.2, -0.15) is 0 Å². The quantitative estimate of drug-likeness (QED) is 0.375. The van der Waals surface area contributed by atoms with Crippen LogP contribution in [0.15, 0.2) is 33.7 Å². The minimum atomic E-state index is -0.323. The second kappa shape index (κ2) is 9.62. The Labute approximate surface area is 184 Å². The Balaban J connectivity index is 0.00000280. The van der Waals surface area contributed by atoms with E-state index in [-0.39, 0.29) is 35.3 Å². The van der Waals surface area contributed by atoms with Crippen molar-refractivity contribution in [1.29, 1.82) is 0 Å². The van der Waals surface area contributed by atoms with E-state index < -0.39 is 0 Å². The molecule has 0 spiro atoms. The number of nitrogens with one attached hydrogen (secondary N) is 2. The molecule has 3 rings (SSSR count). The third kappa shape index (κ3) is 4.61. The molecule has 1 heterocycles. The fourth-order valence-corrected chi connectivity index (χ4v) is 4.02. The molecule has 1 amide bonds. The Kier molecular flexibility index (Phi) is 7.74. The van der Waals surface area contributed by atoms with Crippen molar-refractivity contribution in [2.24, 2.45) is 10.4 Å². The second-order valence-electron chi connectivity index (χ2n) is 7.61. The van der Waals surface area contributed by atoms with Gasteiger partial charge in [-0.25, -0.2) is 0 Å². The number of carbonyl (C=O) groups is 1. The first-order chi connectivity index (χ1) is 13.0. The molecule has 0 saturated heterocycles. The van der Waals surface area contributed by atoms with Gasteiger partial charge >= 0.3 is 0 Å². The van der Waals surface area contributed by atoms with Crippen LogP contribution < -0.4 is 10.6 Å². The molecule has 6 nitrogen and oxygen atoms in total. The number of amides is 1. The molecule has 1 fully saturated rings. The standard InChI is InChI=1S/C21H30N4O2.HI/c1-15-16-9-5-6-10-17(16)27-18(15)13-23-20(22-2)24-14-21(11-7-8-12-21)19(26)25(3)4;/h5-6,9-10H,7-8,11-14H2,1-4H3,(H2,22,23,24);1H. The number of halogens is 1. The van der Waals surface area contributed by atoms with Gasteiger partial charge in [0.25, 0.3) is 0 Å². The van der Waals surface area contributed by atoms with Crippen molar-refractivity contribution < 1.29 is 9.21 Å². The number of nitrogens with zero attached hydrogens (tertiary/aromatic N) is 2. The van der Waals surface area contributed by atoms with E-state index in [4.69, 9.17) is 4.42 Å². The number of hydrogen-bond acceptors (Lipinski definition) is 3. The van der Waals surface area contributed by atoms with Gasteiger partial charge in [-0.05, 0) is 25.8 Å². The molecule has 1 aromatic carbocycles. The predicted octanol–water partition coefficient (Wildman–Crippen LogP) is 3.67. The van der Waals surface area contributed by atoms with Gasteiger partial charge in [-0.1, -0.05) is 31.0 Å². The third-order valence-electron chi connectivity index (χ3n) is 5.60. The Morgan fingerprint density at radius 2 is 1.89 bits per heavy atom. The van der Waals surface area contributed by atoms with Crippen LogP contribution in [0, 0.1) is 12.3 Å². The highest BCUT2D eigenvalue weighted by Gasteiger charge is 2.42. The Bertz CT molecular complexity index is 838. The molecular formula is C21H31IN4O2. The average molecular weight is 498 g/mol. The lowest BCUT2D eigenvalue weighted by Gasteiger charge is -2.31. The van der Waals surface area contributed by atoms with Crippen LogP contribution in [-0.4, -0.2) is 44.5 Å². The van der Waals surface area contributed by atoms with Gasteiger partial charge in [0.2, 0.25) is 5.91 Å². The number of fused-ring (bicyclic) bond motifs is 1. The number of rotatable bonds is 5. The largest absolute Gasteiger partial charge is 0.459 e. The zero-order valence-electron chi connectivity index (χ0n) is 17.2. The van der Waals surface area contributed by atoms with Gasteiger partial charge < -0.3 is 20.0 Å². The monoisotopic (exact) mass is 498 g/mol. The van der Waals surface area contributed by atoms with E-state index in [0.717, 1.165) is 48.0 Å².